The Bertz CT molecular complexity index is 897. The van der Waals surface area contributed by atoms with Crippen molar-refractivity contribution in [2.75, 3.05) is 6.54 Å². The number of para-hydroxylation sites is 2. The first-order chi connectivity index (χ1) is 12.7. The second-order valence-electron chi connectivity index (χ2n) is 7.01. The summed E-state index contributed by atoms with van der Waals surface area (Å²) in [5.41, 5.74) is 2.68. The SMILES string of the molecule is O=C(NCCCc1nc2ccccc2[nH]1)C1(c2cccc(Cl)c2)CCC1. The van der Waals surface area contributed by atoms with Gasteiger partial charge < -0.3 is 10.3 Å². The van der Waals surface area contributed by atoms with E-state index in [2.05, 4.69) is 15.3 Å². The molecule has 1 aromatic heterocycles. The lowest BCUT2D eigenvalue weighted by atomic mass is 9.64. The summed E-state index contributed by atoms with van der Waals surface area (Å²) in [6.07, 6.45) is 4.54. The highest BCUT2D eigenvalue weighted by Gasteiger charge is 2.45. The van der Waals surface area contributed by atoms with Gasteiger partial charge in [0.2, 0.25) is 5.91 Å². The van der Waals surface area contributed by atoms with Crippen molar-refractivity contribution in [2.24, 2.45) is 0 Å². The van der Waals surface area contributed by atoms with Crippen molar-refractivity contribution in [3.8, 4) is 0 Å². The number of benzene rings is 2. The molecule has 1 saturated carbocycles. The molecule has 1 fully saturated rings. The van der Waals surface area contributed by atoms with E-state index < -0.39 is 5.41 Å². The number of carbonyl (C=O) groups is 1. The van der Waals surface area contributed by atoms with Crippen LogP contribution in [-0.2, 0) is 16.6 Å². The van der Waals surface area contributed by atoms with Crippen LogP contribution in [0.4, 0.5) is 0 Å². The Balaban J connectivity index is 1.34. The van der Waals surface area contributed by atoms with Gasteiger partial charge in [0.1, 0.15) is 5.82 Å². The number of hydrogen-bond donors (Lipinski definition) is 2. The number of aromatic amines is 1. The molecule has 0 radical (unpaired) electrons. The quantitative estimate of drug-likeness (QED) is 0.635. The molecule has 3 aromatic rings. The van der Waals surface area contributed by atoms with Crippen LogP contribution in [0, 0.1) is 0 Å². The van der Waals surface area contributed by atoms with Crippen LogP contribution in [-0.4, -0.2) is 22.4 Å². The van der Waals surface area contributed by atoms with E-state index in [4.69, 9.17) is 11.6 Å². The van der Waals surface area contributed by atoms with Gasteiger partial charge in [-0.2, -0.15) is 0 Å². The lowest BCUT2D eigenvalue weighted by Gasteiger charge is -2.40. The highest BCUT2D eigenvalue weighted by Crippen LogP contribution is 2.44. The number of H-pyrrole nitrogens is 1. The van der Waals surface area contributed by atoms with Crippen LogP contribution in [0.25, 0.3) is 11.0 Å². The third-order valence-electron chi connectivity index (χ3n) is 5.33. The van der Waals surface area contributed by atoms with Gasteiger partial charge in [-0.15, -0.1) is 0 Å². The van der Waals surface area contributed by atoms with Gasteiger partial charge in [-0.1, -0.05) is 42.3 Å². The zero-order valence-corrected chi connectivity index (χ0v) is 15.4. The lowest BCUT2D eigenvalue weighted by Crippen LogP contribution is -2.49. The molecule has 0 unspecified atom stereocenters. The predicted octanol–water partition coefficient (Wildman–Crippen LogP) is 4.39. The molecule has 4 rings (SSSR count). The van der Waals surface area contributed by atoms with Crippen LogP contribution in [0.5, 0.6) is 0 Å². The van der Waals surface area contributed by atoms with E-state index in [1.807, 2.05) is 48.5 Å². The largest absolute Gasteiger partial charge is 0.355 e. The van der Waals surface area contributed by atoms with E-state index in [1.54, 1.807) is 0 Å². The molecule has 0 atom stereocenters. The highest BCUT2D eigenvalue weighted by atomic mass is 35.5. The molecule has 0 spiro atoms. The summed E-state index contributed by atoms with van der Waals surface area (Å²) in [5.74, 6) is 1.09. The second-order valence-corrected chi connectivity index (χ2v) is 7.44. The first-order valence-electron chi connectivity index (χ1n) is 9.15. The number of rotatable bonds is 6. The predicted molar refractivity (Wildman–Crippen MR) is 104 cm³/mol. The van der Waals surface area contributed by atoms with Gasteiger partial charge in [-0.05, 0) is 49.1 Å². The molecule has 1 heterocycles. The maximum atomic E-state index is 12.8. The van der Waals surface area contributed by atoms with Crippen molar-refractivity contribution in [3.05, 3.63) is 64.9 Å². The van der Waals surface area contributed by atoms with Crippen molar-refractivity contribution in [1.29, 1.82) is 0 Å². The van der Waals surface area contributed by atoms with Gasteiger partial charge in [0.25, 0.3) is 0 Å². The zero-order valence-electron chi connectivity index (χ0n) is 14.6. The first kappa shape index (κ1) is 17.1. The molecule has 2 aromatic carbocycles. The van der Waals surface area contributed by atoms with Gasteiger partial charge in [0.05, 0.1) is 16.4 Å². The number of nitrogens with one attached hydrogen (secondary N) is 2. The van der Waals surface area contributed by atoms with Crippen LogP contribution < -0.4 is 5.32 Å². The highest BCUT2D eigenvalue weighted by molar-refractivity contribution is 6.30. The Labute approximate surface area is 158 Å². The third kappa shape index (κ3) is 3.21. The standard InChI is InChI=1S/C21H22ClN3O/c22-16-7-3-6-15(14-16)21(11-5-12-21)20(26)23-13-4-10-19-24-17-8-1-2-9-18(17)25-19/h1-3,6-9,14H,4-5,10-13H2,(H,23,26)(H,24,25). The Morgan fingerprint density at radius 3 is 2.77 bits per heavy atom. The van der Waals surface area contributed by atoms with Gasteiger partial charge in [-0.3, -0.25) is 4.79 Å². The number of fused-ring (bicyclic) bond motifs is 1. The molecule has 1 amide bonds. The Morgan fingerprint density at radius 2 is 2.04 bits per heavy atom. The van der Waals surface area contributed by atoms with Gasteiger partial charge in [0.15, 0.2) is 0 Å². The molecule has 0 bridgehead atoms. The minimum Gasteiger partial charge on any atom is -0.355 e. The molecular formula is C21H22ClN3O. The molecule has 2 N–H and O–H groups in total. The fourth-order valence-electron chi connectivity index (χ4n) is 3.71. The first-order valence-corrected chi connectivity index (χ1v) is 9.53. The summed E-state index contributed by atoms with van der Waals surface area (Å²) in [7, 11) is 0. The molecule has 4 nitrogen and oxygen atoms in total. The molecule has 5 heteroatoms. The van der Waals surface area contributed by atoms with Crippen LogP contribution in [0.15, 0.2) is 48.5 Å². The number of imidazole rings is 1. The summed E-state index contributed by atoms with van der Waals surface area (Å²) < 4.78 is 0. The summed E-state index contributed by atoms with van der Waals surface area (Å²) in [6.45, 7) is 0.651. The molecular weight excluding hydrogens is 346 g/mol. The number of aromatic nitrogens is 2. The van der Waals surface area contributed by atoms with Crippen molar-refractivity contribution < 1.29 is 4.79 Å². The topological polar surface area (TPSA) is 57.8 Å². The van der Waals surface area contributed by atoms with Crippen molar-refractivity contribution >= 4 is 28.5 Å². The average molecular weight is 368 g/mol. The van der Waals surface area contributed by atoms with Crippen LogP contribution in [0.1, 0.15) is 37.1 Å². The van der Waals surface area contributed by atoms with E-state index in [0.29, 0.717) is 11.6 Å². The van der Waals surface area contributed by atoms with E-state index in [0.717, 1.165) is 54.5 Å². The van der Waals surface area contributed by atoms with Crippen LogP contribution in [0.3, 0.4) is 0 Å². The van der Waals surface area contributed by atoms with Crippen molar-refractivity contribution in [3.63, 3.8) is 0 Å². The smallest absolute Gasteiger partial charge is 0.230 e. The van der Waals surface area contributed by atoms with Gasteiger partial charge in [-0.25, -0.2) is 4.98 Å². The summed E-state index contributed by atoms with van der Waals surface area (Å²) in [6, 6.07) is 15.7. The molecule has 1 aliphatic rings. The number of carbonyl (C=O) groups excluding carboxylic acids is 1. The molecule has 1 aliphatic carbocycles. The van der Waals surface area contributed by atoms with Crippen LogP contribution in [0.2, 0.25) is 5.02 Å². The molecule has 26 heavy (non-hydrogen) atoms. The number of nitrogens with zero attached hydrogens (tertiary/aromatic N) is 1. The van der Waals surface area contributed by atoms with Gasteiger partial charge in [0, 0.05) is 18.0 Å². The molecule has 0 saturated heterocycles. The summed E-state index contributed by atoms with van der Waals surface area (Å²) >= 11 is 6.12. The lowest BCUT2D eigenvalue weighted by molar-refractivity contribution is -0.129. The van der Waals surface area contributed by atoms with Crippen LogP contribution >= 0.6 is 11.6 Å². The Hall–Kier alpha value is -2.33. The summed E-state index contributed by atoms with van der Waals surface area (Å²) in [5, 5.41) is 3.81. The van der Waals surface area contributed by atoms with Crippen molar-refractivity contribution in [2.45, 2.75) is 37.5 Å². The number of aryl methyl sites for hydroxylation is 1. The minimum absolute atomic E-state index is 0.121. The number of amides is 1. The second kappa shape index (κ2) is 7.12. The number of hydrogen-bond acceptors (Lipinski definition) is 2. The summed E-state index contributed by atoms with van der Waals surface area (Å²) in [4.78, 5) is 20.7. The van der Waals surface area contributed by atoms with E-state index in [9.17, 15) is 4.79 Å². The van der Waals surface area contributed by atoms with E-state index in [1.165, 1.54) is 0 Å². The average Bonchev–Trinajstić information content (AvgIpc) is 3.01. The van der Waals surface area contributed by atoms with E-state index in [-0.39, 0.29) is 5.91 Å². The maximum Gasteiger partial charge on any atom is 0.230 e. The monoisotopic (exact) mass is 367 g/mol. The fourth-order valence-corrected chi connectivity index (χ4v) is 3.90. The van der Waals surface area contributed by atoms with Crippen molar-refractivity contribution in [1.82, 2.24) is 15.3 Å². The fraction of sp³-hybridized carbons (Fsp3) is 0.333. The van der Waals surface area contributed by atoms with Gasteiger partial charge >= 0.3 is 0 Å². The Kier molecular flexibility index (Phi) is 4.68. The Morgan fingerprint density at radius 1 is 1.19 bits per heavy atom. The maximum absolute atomic E-state index is 12.8. The third-order valence-corrected chi connectivity index (χ3v) is 5.57. The molecule has 0 aliphatic heterocycles. The zero-order chi connectivity index (χ0) is 18.0. The minimum atomic E-state index is -0.399. The molecule has 134 valence electrons. The normalized spacial score (nSPS) is 15.6. The number of halogens is 1. The van der Waals surface area contributed by atoms with E-state index >= 15 is 0 Å².